The van der Waals surface area contributed by atoms with E-state index in [1.807, 2.05) is 0 Å². The van der Waals surface area contributed by atoms with Gasteiger partial charge in [-0.25, -0.2) is 22.5 Å². The minimum atomic E-state index is -4.78. The predicted molar refractivity (Wildman–Crippen MR) is 83.6 cm³/mol. The highest BCUT2D eigenvalue weighted by Gasteiger charge is 2.34. The molecule has 0 spiro atoms. The van der Waals surface area contributed by atoms with E-state index in [4.69, 9.17) is 0 Å². The van der Waals surface area contributed by atoms with Crippen LogP contribution in [0.4, 0.5) is 17.6 Å². The normalized spacial score (nSPS) is 12.6. The summed E-state index contributed by atoms with van der Waals surface area (Å²) in [5, 5.41) is 4.02. The zero-order valence-electron chi connectivity index (χ0n) is 12.8. The quantitative estimate of drug-likeness (QED) is 0.548. The monoisotopic (exact) mass is 444 g/mol. The largest absolute Gasteiger partial charge is 0.416 e. The minimum absolute atomic E-state index is 0.0481. The topological polar surface area (TPSA) is 76.9 Å². The second-order valence-corrected chi connectivity index (χ2v) is 7.66. The molecule has 0 aliphatic carbocycles. The van der Waals surface area contributed by atoms with Crippen LogP contribution in [0, 0.1) is 5.82 Å². The number of benzene rings is 1. The Hall–Kier alpha value is -1.53. The molecule has 0 radical (unpaired) electrons. The first kappa shape index (κ1) is 19.8. The summed E-state index contributed by atoms with van der Waals surface area (Å²) in [5.41, 5.74) is -1.28. The second-order valence-electron chi connectivity index (χ2n) is 5.10. The molecule has 0 saturated heterocycles. The highest BCUT2D eigenvalue weighted by molar-refractivity contribution is 9.10. The van der Waals surface area contributed by atoms with Crippen LogP contribution < -0.4 is 4.72 Å². The van der Waals surface area contributed by atoms with Gasteiger partial charge in [-0.15, -0.1) is 0 Å². The molecule has 0 aliphatic rings. The zero-order chi connectivity index (χ0) is 18.8. The van der Waals surface area contributed by atoms with Crippen molar-refractivity contribution in [3.8, 4) is 0 Å². The van der Waals surface area contributed by atoms with Crippen LogP contribution in [0.1, 0.15) is 17.8 Å². The number of hydrogen-bond donors (Lipinski definition) is 1. The predicted octanol–water partition coefficient (Wildman–Crippen LogP) is 2.65. The molecule has 0 amide bonds. The molecule has 2 rings (SSSR count). The summed E-state index contributed by atoms with van der Waals surface area (Å²) in [6.07, 6.45) is -2.56. The van der Waals surface area contributed by atoms with E-state index >= 15 is 0 Å². The molecule has 6 nitrogen and oxygen atoms in total. The van der Waals surface area contributed by atoms with Crippen LogP contribution in [-0.4, -0.2) is 29.7 Å². The summed E-state index contributed by atoms with van der Waals surface area (Å²) < 4.78 is 79.3. The van der Waals surface area contributed by atoms with Crippen LogP contribution >= 0.6 is 15.9 Å². The summed E-state index contributed by atoms with van der Waals surface area (Å²) >= 11 is 2.69. The molecule has 1 aromatic carbocycles. The summed E-state index contributed by atoms with van der Waals surface area (Å²) in [7, 11) is -2.63. The number of hydrogen-bond acceptors (Lipinski definition) is 4. The van der Waals surface area contributed by atoms with Crippen molar-refractivity contribution < 1.29 is 26.0 Å². The smallest absolute Gasteiger partial charge is 0.256 e. The lowest BCUT2D eigenvalue weighted by molar-refractivity contribution is -0.137. The van der Waals surface area contributed by atoms with Crippen molar-refractivity contribution in [1.82, 2.24) is 19.5 Å². The lowest BCUT2D eigenvalue weighted by Gasteiger charge is -2.12. The number of aryl methyl sites for hydroxylation is 2. The molecule has 25 heavy (non-hydrogen) atoms. The molecular weight excluding hydrogens is 432 g/mol. The van der Waals surface area contributed by atoms with Gasteiger partial charge >= 0.3 is 6.18 Å². The Bertz CT molecular complexity index is 844. The van der Waals surface area contributed by atoms with E-state index in [2.05, 4.69) is 30.7 Å². The summed E-state index contributed by atoms with van der Waals surface area (Å²) in [6.45, 7) is -0.0481. The Morgan fingerprint density at radius 2 is 2.00 bits per heavy atom. The molecule has 0 fully saturated rings. The minimum Gasteiger partial charge on any atom is -0.256 e. The first-order valence-corrected chi connectivity index (χ1v) is 9.19. The number of nitrogens with one attached hydrogen (secondary N) is 1. The first-order valence-electron chi connectivity index (χ1n) is 6.91. The molecule has 1 heterocycles. The van der Waals surface area contributed by atoms with Gasteiger partial charge in [0.15, 0.2) is 5.82 Å². The van der Waals surface area contributed by atoms with Crippen molar-refractivity contribution in [2.45, 2.75) is 23.9 Å². The second kappa shape index (κ2) is 7.38. The third kappa shape index (κ3) is 4.98. The van der Waals surface area contributed by atoms with E-state index in [9.17, 15) is 26.0 Å². The van der Waals surface area contributed by atoms with Gasteiger partial charge in [-0.3, -0.25) is 4.68 Å². The van der Waals surface area contributed by atoms with E-state index in [-0.39, 0.29) is 12.6 Å². The summed E-state index contributed by atoms with van der Waals surface area (Å²) in [4.78, 5) is 3.11. The Labute approximate surface area is 149 Å². The fourth-order valence-corrected chi connectivity index (χ4v) is 4.27. The first-order chi connectivity index (χ1) is 11.5. The van der Waals surface area contributed by atoms with Crippen LogP contribution in [0.3, 0.4) is 0 Å². The highest BCUT2D eigenvalue weighted by atomic mass is 79.9. The number of halogens is 5. The van der Waals surface area contributed by atoms with Crippen LogP contribution in [0.2, 0.25) is 0 Å². The lowest BCUT2D eigenvalue weighted by atomic mass is 10.2. The van der Waals surface area contributed by atoms with E-state index in [0.29, 0.717) is 24.7 Å². The van der Waals surface area contributed by atoms with Crippen LogP contribution in [0.25, 0.3) is 0 Å². The van der Waals surface area contributed by atoms with E-state index < -0.39 is 36.9 Å². The average molecular weight is 445 g/mol. The molecule has 0 atom stereocenters. The van der Waals surface area contributed by atoms with Crippen molar-refractivity contribution >= 4 is 26.0 Å². The molecule has 12 heteroatoms. The SMILES string of the molecule is Cn1cnc(CCCNS(=O)(=O)c2c(F)cc(C(F)(F)F)cc2Br)n1. The maximum absolute atomic E-state index is 13.9. The van der Waals surface area contributed by atoms with Gasteiger partial charge < -0.3 is 0 Å². The van der Waals surface area contributed by atoms with Gasteiger partial charge in [0, 0.05) is 24.5 Å². The molecule has 0 aliphatic heterocycles. The lowest BCUT2D eigenvalue weighted by Crippen LogP contribution is -2.26. The molecule has 1 aromatic heterocycles. The van der Waals surface area contributed by atoms with Gasteiger partial charge in [0.05, 0.1) is 5.56 Å². The third-order valence-corrected chi connectivity index (χ3v) is 5.54. The maximum atomic E-state index is 13.9. The standard InChI is InChI=1S/C13H13BrF4N4O2S/c1-22-7-19-11(21-22)3-2-4-20-25(23,24)12-9(14)5-8(6-10(12)15)13(16,17)18/h5-7,20H,2-4H2,1H3. The highest BCUT2D eigenvalue weighted by Crippen LogP contribution is 2.35. The van der Waals surface area contributed by atoms with Gasteiger partial charge in [-0.05, 0) is 34.5 Å². The molecule has 0 unspecified atom stereocenters. The molecule has 2 aromatic rings. The van der Waals surface area contributed by atoms with Crippen molar-refractivity contribution in [1.29, 1.82) is 0 Å². The molecule has 138 valence electrons. The molecule has 1 N–H and O–H groups in total. The van der Waals surface area contributed by atoms with E-state index in [1.54, 1.807) is 7.05 Å². The number of aromatic nitrogens is 3. The van der Waals surface area contributed by atoms with Crippen molar-refractivity contribution in [2.75, 3.05) is 6.54 Å². The van der Waals surface area contributed by atoms with Gasteiger partial charge in [-0.2, -0.15) is 18.3 Å². The maximum Gasteiger partial charge on any atom is 0.416 e. The molecule has 0 saturated carbocycles. The number of sulfonamides is 1. The fraction of sp³-hybridized carbons (Fsp3) is 0.385. The molecule has 0 bridgehead atoms. The van der Waals surface area contributed by atoms with Gasteiger partial charge in [-0.1, -0.05) is 0 Å². The Kier molecular flexibility index (Phi) is 5.84. The summed E-state index contributed by atoms with van der Waals surface area (Å²) in [6, 6.07) is 0.673. The van der Waals surface area contributed by atoms with Crippen LogP contribution in [0.5, 0.6) is 0 Å². The fourth-order valence-electron chi connectivity index (χ4n) is 2.00. The number of rotatable bonds is 6. The van der Waals surface area contributed by atoms with Gasteiger partial charge in [0.2, 0.25) is 10.0 Å². The summed E-state index contributed by atoms with van der Waals surface area (Å²) in [5.74, 6) is -0.968. The Morgan fingerprint density at radius 3 is 2.52 bits per heavy atom. The van der Waals surface area contributed by atoms with Crippen molar-refractivity contribution in [2.24, 2.45) is 7.05 Å². The van der Waals surface area contributed by atoms with Gasteiger partial charge in [0.1, 0.15) is 17.0 Å². The van der Waals surface area contributed by atoms with Crippen LogP contribution in [0.15, 0.2) is 27.8 Å². The zero-order valence-corrected chi connectivity index (χ0v) is 15.2. The van der Waals surface area contributed by atoms with Crippen molar-refractivity contribution in [3.63, 3.8) is 0 Å². The number of alkyl halides is 3. The van der Waals surface area contributed by atoms with Gasteiger partial charge in [0.25, 0.3) is 0 Å². The van der Waals surface area contributed by atoms with E-state index in [0.717, 1.165) is 0 Å². The number of nitrogens with zero attached hydrogens (tertiary/aromatic N) is 3. The molecular formula is C13H13BrF4N4O2S. The van der Waals surface area contributed by atoms with Crippen molar-refractivity contribution in [3.05, 3.63) is 40.1 Å². The third-order valence-electron chi connectivity index (χ3n) is 3.11. The van der Waals surface area contributed by atoms with E-state index in [1.165, 1.54) is 11.0 Å². The Balaban J connectivity index is 2.08. The van der Waals surface area contributed by atoms with Crippen LogP contribution in [-0.2, 0) is 29.7 Å². The Morgan fingerprint density at radius 1 is 1.32 bits per heavy atom. The average Bonchev–Trinajstić information content (AvgIpc) is 2.87.